The van der Waals surface area contributed by atoms with Crippen LogP contribution in [-0.4, -0.2) is 24.5 Å². The summed E-state index contributed by atoms with van der Waals surface area (Å²) in [6.07, 6.45) is 0. The normalized spacial score (nSPS) is 14.6. The number of nitrogens with one attached hydrogen (secondary N) is 1. The standard InChI is InChI=1S/C18H16Cl2N2O3/c1-10-3-5-13(8-14(10)20)21-18(24)11(2)22-15-7-12(19)4-6-16(15)25-9-17(22)23/h3-8,11H,9H2,1-2H3,(H,21,24). The fourth-order valence-electron chi connectivity index (χ4n) is 2.60. The Hall–Kier alpha value is -2.24. The van der Waals surface area contributed by atoms with Crippen molar-refractivity contribution in [3.05, 3.63) is 52.0 Å². The number of amides is 2. The molecule has 0 saturated carbocycles. The Morgan fingerprint density at radius 2 is 2.00 bits per heavy atom. The number of carbonyl (C=O) groups is 2. The molecule has 0 saturated heterocycles. The van der Waals surface area contributed by atoms with E-state index in [0.29, 0.717) is 27.2 Å². The van der Waals surface area contributed by atoms with Crippen LogP contribution in [0.5, 0.6) is 5.75 Å². The lowest BCUT2D eigenvalue weighted by Crippen LogP contribution is -2.49. The van der Waals surface area contributed by atoms with Crippen LogP contribution in [0.3, 0.4) is 0 Å². The molecule has 2 amide bonds. The number of anilines is 2. The number of fused-ring (bicyclic) bond motifs is 1. The van der Waals surface area contributed by atoms with Crippen molar-refractivity contribution < 1.29 is 14.3 Å². The molecule has 0 spiro atoms. The first-order valence-corrected chi connectivity index (χ1v) is 8.44. The second kappa shape index (κ2) is 6.94. The van der Waals surface area contributed by atoms with Crippen LogP contribution in [0.1, 0.15) is 12.5 Å². The number of rotatable bonds is 3. The molecule has 0 radical (unpaired) electrons. The van der Waals surface area contributed by atoms with Gasteiger partial charge in [0.05, 0.1) is 5.69 Å². The molecular formula is C18H16Cl2N2O3. The minimum absolute atomic E-state index is 0.122. The Morgan fingerprint density at radius 1 is 1.24 bits per heavy atom. The van der Waals surface area contributed by atoms with Crippen molar-refractivity contribution in [2.24, 2.45) is 0 Å². The number of aryl methyl sites for hydroxylation is 1. The molecule has 130 valence electrons. The predicted molar refractivity (Wildman–Crippen MR) is 98.7 cm³/mol. The van der Waals surface area contributed by atoms with Gasteiger partial charge >= 0.3 is 0 Å². The van der Waals surface area contributed by atoms with Crippen LogP contribution < -0.4 is 15.0 Å². The molecule has 0 fully saturated rings. The van der Waals surface area contributed by atoms with E-state index in [0.717, 1.165) is 5.56 Å². The van der Waals surface area contributed by atoms with Crippen LogP contribution >= 0.6 is 23.2 Å². The molecule has 2 aromatic carbocycles. The van der Waals surface area contributed by atoms with Gasteiger partial charge < -0.3 is 10.1 Å². The number of nitrogens with zero attached hydrogens (tertiary/aromatic N) is 1. The first-order chi connectivity index (χ1) is 11.9. The largest absolute Gasteiger partial charge is 0.482 e. The smallest absolute Gasteiger partial charge is 0.265 e. The lowest BCUT2D eigenvalue weighted by atomic mass is 10.1. The number of halogens is 2. The molecule has 0 aliphatic carbocycles. The van der Waals surface area contributed by atoms with Crippen LogP contribution in [0.4, 0.5) is 11.4 Å². The highest BCUT2D eigenvalue weighted by molar-refractivity contribution is 6.31. The number of hydrogen-bond donors (Lipinski definition) is 1. The summed E-state index contributed by atoms with van der Waals surface area (Å²) < 4.78 is 5.40. The Kier molecular flexibility index (Phi) is 4.88. The SMILES string of the molecule is Cc1ccc(NC(=O)C(C)N2C(=O)COc3ccc(Cl)cc32)cc1Cl. The number of carbonyl (C=O) groups excluding carboxylic acids is 2. The average molecular weight is 379 g/mol. The maximum Gasteiger partial charge on any atom is 0.265 e. The van der Waals surface area contributed by atoms with Gasteiger partial charge in [0.15, 0.2) is 6.61 Å². The summed E-state index contributed by atoms with van der Waals surface area (Å²) in [5.74, 6) is -0.123. The molecule has 1 N–H and O–H groups in total. The van der Waals surface area contributed by atoms with Crippen LogP contribution in [0.25, 0.3) is 0 Å². The van der Waals surface area contributed by atoms with Crippen molar-refractivity contribution >= 4 is 46.4 Å². The van der Waals surface area contributed by atoms with Gasteiger partial charge in [0.2, 0.25) is 5.91 Å². The zero-order valence-electron chi connectivity index (χ0n) is 13.7. The first kappa shape index (κ1) is 17.6. The summed E-state index contributed by atoms with van der Waals surface area (Å²) in [6.45, 7) is 3.41. The van der Waals surface area contributed by atoms with Crippen molar-refractivity contribution in [3.63, 3.8) is 0 Å². The molecule has 7 heteroatoms. The fourth-order valence-corrected chi connectivity index (χ4v) is 2.95. The summed E-state index contributed by atoms with van der Waals surface area (Å²) in [4.78, 5) is 26.3. The highest BCUT2D eigenvalue weighted by atomic mass is 35.5. The van der Waals surface area contributed by atoms with Crippen molar-refractivity contribution in [2.45, 2.75) is 19.9 Å². The summed E-state index contributed by atoms with van der Waals surface area (Å²) in [5.41, 5.74) is 1.97. The fraction of sp³-hybridized carbons (Fsp3) is 0.222. The maximum absolute atomic E-state index is 12.6. The zero-order valence-corrected chi connectivity index (χ0v) is 15.2. The third kappa shape index (κ3) is 3.57. The lowest BCUT2D eigenvalue weighted by molar-refractivity contribution is -0.125. The summed E-state index contributed by atoms with van der Waals surface area (Å²) in [7, 11) is 0. The Bertz CT molecular complexity index is 854. The van der Waals surface area contributed by atoms with Crippen LogP contribution in [0, 0.1) is 6.92 Å². The number of benzene rings is 2. The Morgan fingerprint density at radius 3 is 2.72 bits per heavy atom. The van der Waals surface area contributed by atoms with Crippen molar-refractivity contribution in [1.82, 2.24) is 0 Å². The highest BCUT2D eigenvalue weighted by Gasteiger charge is 2.33. The molecule has 2 aromatic rings. The van der Waals surface area contributed by atoms with Crippen LogP contribution in [-0.2, 0) is 9.59 Å². The van der Waals surface area contributed by atoms with Gasteiger partial charge in [-0.3, -0.25) is 14.5 Å². The van der Waals surface area contributed by atoms with Gasteiger partial charge in [0, 0.05) is 15.7 Å². The second-order valence-electron chi connectivity index (χ2n) is 5.79. The minimum atomic E-state index is -0.742. The molecular weight excluding hydrogens is 363 g/mol. The van der Waals surface area contributed by atoms with E-state index in [-0.39, 0.29) is 18.4 Å². The van der Waals surface area contributed by atoms with E-state index in [9.17, 15) is 9.59 Å². The molecule has 0 aromatic heterocycles. The van der Waals surface area contributed by atoms with Gasteiger partial charge in [0.25, 0.3) is 5.91 Å². The monoisotopic (exact) mass is 378 g/mol. The van der Waals surface area contributed by atoms with Gasteiger partial charge in [-0.05, 0) is 49.7 Å². The highest BCUT2D eigenvalue weighted by Crippen LogP contribution is 2.35. The van der Waals surface area contributed by atoms with Crippen LogP contribution in [0.15, 0.2) is 36.4 Å². The molecule has 1 heterocycles. The van der Waals surface area contributed by atoms with E-state index < -0.39 is 6.04 Å². The average Bonchev–Trinajstić information content (AvgIpc) is 2.57. The second-order valence-corrected chi connectivity index (χ2v) is 6.64. The van der Waals surface area contributed by atoms with E-state index >= 15 is 0 Å². The van der Waals surface area contributed by atoms with E-state index in [1.807, 2.05) is 13.0 Å². The number of ether oxygens (including phenoxy) is 1. The van der Waals surface area contributed by atoms with E-state index in [1.54, 1.807) is 37.3 Å². The van der Waals surface area contributed by atoms with E-state index in [1.165, 1.54) is 4.90 Å². The minimum Gasteiger partial charge on any atom is -0.482 e. The zero-order chi connectivity index (χ0) is 18.1. The topological polar surface area (TPSA) is 58.6 Å². The van der Waals surface area contributed by atoms with E-state index in [4.69, 9.17) is 27.9 Å². The van der Waals surface area contributed by atoms with Crippen LogP contribution in [0.2, 0.25) is 10.0 Å². The summed E-state index contributed by atoms with van der Waals surface area (Å²) in [5, 5.41) is 3.80. The molecule has 25 heavy (non-hydrogen) atoms. The quantitative estimate of drug-likeness (QED) is 0.875. The molecule has 1 aliphatic rings. The van der Waals surface area contributed by atoms with Gasteiger partial charge in [-0.25, -0.2) is 0 Å². The van der Waals surface area contributed by atoms with Gasteiger partial charge in [-0.2, -0.15) is 0 Å². The van der Waals surface area contributed by atoms with Crippen molar-refractivity contribution in [1.29, 1.82) is 0 Å². The third-order valence-electron chi connectivity index (χ3n) is 4.01. The van der Waals surface area contributed by atoms with Gasteiger partial charge in [-0.15, -0.1) is 0 Å². The molecule has 3 rings (SSSR count). The Labute approximate surface area is 155 Å². The molecule has 5 nitrogen and oxygen atoms in total. The molecule has 1 aliphatic heterocycles. The van der Waals surface area contributed by atoms with Gasteiger partial charge in [0.1, 0.15) is 11.8 Å². The van der Waals surface area contributed by atoms with Gasteiger partial charge in [-0.1, -0.05) is 29.3 Å². The molecule has 1 unspecified atom stereocenters. The van der Waals surface area contributed by atoms with Crippen molar-refractivity contribution in [2.75, 3.05) is 16.8 Å². The molecule has 0 bridgehead atoms. The summed E-state index contributed by atoms with van der Waals surface area (Å²) >= 11 is 12.1. The lowest BCUT2D eigenvalue weighted by Gasteiger charge is -2.33. The maximum atomic E-state index is 12.6. The predicted octanol–water partition coefficient (Wildman–Crippen LogP) is 4.05. The molecule has 1 atom stereocenters. The van der Waals surface area contributed by atoms with Crippen molar-refractivity contribution in [3.8, 4) is 5.75 Å². The number of hydrogen-bond acceptors (Lipinski definition) is 3. The Balaban J connectivity index is 1.85. The summed E-state index contributed by atoms with van der Waals surface area (Å²) in [6, 6.07) is 9.48. The third-order valence-corrected chi connectivity index (χ3v) is 4.65. The first-order valence-electron chi connectivity index (χ1n) is 7.68. The van der Waals surface area contributed by atoms with E-state index in [2.05, 4.69) is 5.32 Å².